The van der Waals surface area contributed by atoms with Gasteiger partial charge in [0.15, 0.2) is 11.0 Å². The Morgan fingerprint density at radius 1 is 1.73 bits per heavy atom. The molecule has 1 aliphatic heterocycles. The third kappa shape index (κ3) is 1.74. The zero-order valence-corrected chi connectivity index (χ0v) is 7.31. The summed E-state index contributed by atoms with van der Waals surface area (Å²) in [7, 11) is 1.30. The van der Waals surface area contributed by atoms with Crippen molar-refractivity contribution >= 4 is 23.5 Å². The number of ether oxygens (including phenoxy) is 1. The lowest BCUT2D eigenvalue weighted by Crippen LogP contribution is -2.23. The van der Waals surface area contributed by atoms with Gasteiger partial charge in [0.05, 0.1) is 7.11 Å². The zero-order chi connectivity index (χ0) is 8.43. The second-order valence-corrected chi connectivity index (χ2v) is 4.07. The molecule has 1 saturated heterocycles. The van der Waals surface area contributed by atoms with E-state index in [0.29, 0.717) is 6.42 Å². The summed E-state index contributed by atoms with van der Waals surface area (Å²) in [5.41, 5.74) is 0. The van der Waals surface area contributed by atoms with Gasteiger partial charge in [-0.15, -0.1) is 11.8 Å². The van der Waals surface area contributed by atoms with E-state index in [-0.39, 0.29) is 11.0 Å². The van der Waals surface area contributed by atoms with E-state index in [1.54, 1.807) is 0 Å². The van der Waals surface area contributed by atoms with E-state index in [1.165, 1.54) is 18.9 Å². The maximum Gasteiger partial charge on any atom is 0.326 e. The lowest BCUT2D eigenvalue weighted by molar-refractivity contribution is -0.142. The summed E-state index contributed by atoms with van der Waals surface area (Å²) >= 11 is 1.38. The second-order valence-electron chi connectivity index (χ2n) is 2.52. The van der Waals surface area contributed by atoms with Crippen LogP contribution in [0.2, 0.25) is 0 Å². The molecule has 11 heavy (non-hydrogen) atoms. The van der Waals surface area contributed by atoms with E-state index in [1.807, 2.05) is 6.92 Å². The van der Waals surface area contributed by atoms with Gasteiger partial charge >= 0.3 is 5.97 Å². The molecule has 3 nitrogen and oxygen atoms in total. The molecule has 0 radical (unpaired) electrons. The molecule has 1 aliphatic rings. The van der Waals surface area contributed by atoms with E-state index in [4.69, 9.17) is 0 Å². The molecular formula is C7H10O3S. The van der Waals surface area contributed by atoms with Gasteiger partial charge < -0.3 is 4.74 Å². The molecular weight excluding hydrogens is 164 g/mol. The fourth-order valence-electron chi connectivity index (χ4n) is 1.04. The summed E-state index contributed by atoms with van der Waals surface area (Å²) in [6.45, 7) is 1.94. The molecule has 0 spiro atoms. The first-order valence-electron chi connectivity index (χ1n) is 3.41. The minimum atomic E-state index is -0.560. The number of Topliss-reactive ketones (excluding diaryl/α,β-unsaturated/α-hetero) is 1. The highest BCUT2D eigenvalue weighted by Crippen LogP contribution is 2.30. The fourth-order valence-corrected chi connectivity index (χ4v) is 2.22. The molecule has 1 heterocycles. The average molecular weight is 174 g/mol. The van der Waals surface area contributed by atoms with Crippen LogP contribution in [-0.2, 0) is 14.3 Å². The first-order chi connectivity index (χ1) is 5.15. The molecule has 62 valence electrons. The van der Waals surface area contributed by atoms with Crippen LogP contribution in [0.25, 0.3) is 0 Å². The minimum Gasteiger partial charge on any atom is -0.468 e. The van der Waals surface area contributed by atoms with E-state index in [2.05, 4.69) is 4.74 Å². The molecule has 0 bridgehead atoms. The van der Waals surface area contributed by atoms with Crippen molar-refractivity contribution in [2.24, 2.45) is 0 Å². The van der Waals surface area contributed by atoms with Crippen LogP contribution in [-0.4, -0.2) is 29.4 Å². The normalized spacial score (nSPS) is 30.5. The predicted octanol–water partition coefficient (Wildman–Crippen LogP) is 0.622. The predicted molar refractivity (Wildman–Crippen MR) is 42.5 cm³/mol. The SMILES string of the molecule is COC(=O)C1SC(C)CC1=O. The summed E-state index contributed by atoms with van der Waals surface area (Å²) in [5.74, 6) is -0.418. The number of hydrogen-bond acceptors (Lipinski definition) is 4. The molecule has 1 fully saturated rings. The molecule has 0 aromatic carbocycles. The Kier molecular flexibility index (Phi) is 2.54. The fraction of sp³-hybridized carbons (Fsp3) is 0.714. The number of methoxy groups -OCH3 is 1. The van der Waals surface area contributed by atoms with Gasteiger partial charge in [0, 0.05) is 11.7 Å². The first kappa shape index (κ1) is 8.59. The molecule has 1 rings (SSSR count). The highest BCUT2D eigenvalue weighted by Gasteiger charge is 2.36. The summed E-state index contributed by atoms with van der Waals surface area (Å²) < 4.78 is 4.47. The van der Waals surface area contributed by atoms with Crippen molar-refractivity contribution in [1.29, 1.82) is 0 Å². The third-order valence-corrected chi connectivity index (χ3v) is 2.92. The Hall–Kier alpha value is -0.510. The second kappa shape index (κ2) is 3.26. The van der Waals surface area contributed by atoms with Crippen molar-refractivity contribution in [2.75, 3.05) is 7.11 Å². The largest absolute Gasteiger partial charge is 0.468 e. The maximum absolute atomic E-state index is 11.1. The van der Waals surface area contributed by atoms with Crippen molar-refractivity contribution in [3.05, 3.63) is 0 Å². The van der Waals surface area contributed by atoms with Crippen molar-refractivity contribution in [3.8, 4) is 0 Å². The summed E-state index contributed by atoms with van der Waals surface area (Å²) in [6, 6.07) is 0. The molecule has 0 amide bonds. The summed E-state index contributed by atoms with van der Waals surface area (Å²) in [4.78, 5) is 22.0. The van der Waals surface area contributed by atoms with Gasteiger partial charge in [0.1, 0.15) is 0 Å². The summed E-state index contributed by atoms with van der Waals surface area (Å²) in [6.07, 6.45) is 0.491. The standard InChI is InChI=1S/C7H10O3S/c1-4-3-5(8)6(11-4)7(9)10-2/h4,6H,3H2,1-2H3. The number of carbonyl (C=O) groups is 2. The number of carbonyl (C=O) groups excluding carboxylic acids is 2. The molecule has 0 N–H and O–H groups in total. The van der Waals surface area contributed by atoms with E-state index >= 15 is 0 Å². The van der Waals surface area contributed by atoms with Crippen molar-refractivity contribution in [2.45, 2.75) is 23.8 Å². The van der Waals surface area contributed by atoms with Gasteiger partial charge in [0.25, 0.3) is 0 Å². The smallest absolute Gasteiger partial charge is 0.326 e. The Balaban J connectivity index is 2.60. The van der Waals surface area contributed by atoms with Crippen LogP contribution in [0, 0.1) is 0 Å². The van der Waals surface area contributed by atoms with Gasteiger partial charge in [-0.05, 0) is 0 Å². The number of thioether (sulfide) groups is 1. The van der Waals surface area contributed by atoms with Crippen LogP contribution in [0.4, 0.5) is 0 Å². The molecule has 2 atom stereocenters. The quantitative estimate of drug-likeness (QED) is 0.432. The van der Waals surface area contributed by atoms with Crippen molar-refractivity contribution in [3.63, 3.8) is 0 Å². The Morgan fingerprint density at radius 2 is 2.36 bits per heavy atom. The number of esters is 1. The van der Waals surface area contributed by atoms with Crippen LogP contribution >= 0.6 is 11.8 Å². The first-order valence-corrected chi connectivity index (χ1v) is 4.35. The van der Waals surface area contributed by atoms with Gasteiger partial charge in [-0.25, -0.2) is 0 Å². The lowest BCUT2D eigenvalue weighted by atomic mass is 10.2. The van der Waals surface area contributed by atoms with Crippen LogP contribution in [0.5, 0.6) is 0 Å². The van der Waals surface area contributed by atoms with Crippen molar-refractivity contribution in [1.82, 2.24) is 0 Å². The van der Waals surface area contributed by atoms with Gasteiger partial charge in [0.2, 0.25) is 0 Å². The Labute approximate surface area is 69.5 Å². The van der Waals surface area contributed by atoms with Crippen LogP contribution in [0.1, 0.15) is 13.3 Å². The Bertz CT molecular complexity index is 182. The van der Waals surface area contributed by atoms with Crippen molar-refractivity contribution < 1.29 is 14.3 Å². The van der Waals surface area contributed by atoms with Gasteiger partial charge in [-0.3, -0.25) is 9.59 Å². The average Bonchev–Trinajstić information content (AvgIpc) is 2.28. The molecule has 0 aromatic heterocycles. The highest BCUT2D eigenvalue weighted by molar-refractivity contribution is 8.02. The zero-order valence-electron chi connectivity index (χ0n) is 6.49. The third-order valence-electron chi connectivity index (χ3n) is 1.56. The number of hydrogen-bond donors (Lipinski definition) is 0. The number of ketones is 1. The minimum absolute atomic E-state index is 0.00523. The monoisotopic (exact) mass is 174 g/mol. The summed E-state index contributed by atoms with van der Waals surface area (Å²) in [5, 5.41) is -0.304. The molecule has 0 aromatic rings. The Morgan fingerprint density at radius 3 is 2.73 bits per heavy atom. The van der Waals surface area contributed by atoms with E-state index in [0.717, 1.165) is 0 Å². The van der Waals surface area contributed by atoms with E-state index < -0.39 is 11.2 Å². The van der Waals surface area contributed by atoms with Crippen LogP contribution < -0.4 is 0 Å². The molecule has 2 unspecified atom stereocenters. The van der Waals surface area contributed by atoms with E-state index in [9.17, 15) is 9.59 Å². The maximum atomic E-state index is 11.1. The molecule has 0 saturated carbocycles. The molecule has 4 heteroatoms. The van der Waals surface area contributed by atoms with Crippen LogP contribution in [0.15, 0.2) is 0 Å². The molecule has 0 aliphatic carbocycles. The van der Waals surface area contributed by atoms with Gasteiger partial charge in [-0.2, -0.15) is 0 Å². The number of rotatable bonds is 1. The van der Waals surface area contributed by atoms with Crippen LogP contribution in [0.3, 0.4) is 0 Å². The lowest BCUT2D eigenvalue weighted by Gasteiger charge is -2.03. The van der Waals surface area contributed by atoms with Gasteiger partial charge in [-0.1, -0.05) is 6.92 Å². The highest BCUT2D eigenvalue weighted by atomic mass is 32.2. The topological polar surface area (TPSA) is 43.4 Å².